The van der Waals surface area contributed by atoms with Crippen LogP contribution in [0.25, 0.3) is 0 Å². The molecule has 3 nitrogen and oxygen atoms in total. The molecule has 0 aromatic carbocycles. The molecule has 0 amide bonds. The van der Waals surface area contributed by atoms with E-state index in [0.29, 0.717) is 0 Å². The third-order valence-electron chi connectivity index (χ3n) is 1.51. The molecule has 0 bridgehead atoms. The molecule has 0 spiro atoms. The van der Waals surface area contributed by atoms with Gasteiger partial charge in [0.2, 0.25) is 0 Å². The Morgan fingerprint density at radius 1 is 1.31 bits per heavy atom. The van der Waals surface area contributed by atoms with Crippen LogP contribution >= 0.6 is 11.3 Å². The molecule has 0 aliphatic carbocycles. The van der Waals surface area contributed by atoms with Crippen LogP contribution in [0.15, 0.2) is 16.8 Å². The summed E-state index contributed by atoms with van der Waals surface area (Å²) in [6, 6.07) is 1.90. The first-order valence-corrected chi connectivity index (χ1v) is 5.03. The highest BCUT2D eigenvalue weighted by Gasteiger charge is 2.08. The molecule has 0 saturated carbocycles. The normalized spacial score (nSPS) is 15.3. The van der Waals surface area contributed by atoms with Gasteiger partial charge in [0.1, 0.15) is 5.75 Å². The van der Waals surface area contributed by atoms with Gasteiger partial charge < -0.3 is 14.2 Å². The van der Waals surface area contributed by atoms with E-state index in [1.165, 1.54) is 0 Å². The molecule has 0 saturated heterocycles. The summed E-state index contributed by atoms with van der Waals surface area (Å²) in [6.07, 6.45) is -0.529. The van der Waals surface area contributed by atoms with Crippen molar-refractivity contribution in [1.29, 1.82) is 0 Å². The summed E-state index contributed by atoms with van der Waals surface area (Å²) in [7, 11) is 1.60. The van der Waals surface area contributed by atoms with Crippen molar-refractivity contribution in [1.82, 2.24) is 0 Å². The van der Waals surface area contributed by atoms with E-state index < -0.39 is 0 Å². The smallest absolute Gasteiger partial charge is 0.199 e. The van der Waals surface area contributed by atoms with Gasteiger partial charge in [0.25, 0.3) is 0 Å². The average molecular weight is 202 g/mol. The topological polar surface area (TPSA) is 27.7 Å². The van der Waals surface area contributed by atoms with Crippen molar-refractivity contribution in [2.75, 3.05) is 7.11 Å². The maximum Gasteiger partial charge on any atom is 0.199 e. The fourth-order valence-electron chi connectivity index (χ4n) is 0.864. The van der Waals surface area contributed by atoms with Gasteiger partial charge in [-0.1, -0.05) is 0 Å². The van der Waals surface area contributed by atoms with Crippen molar-refractivity contribution in [2.45, 2.75) is 26.4 Å². The first-order valence-electron chi connectivity index (χ1n) is 4.09. The van der Waals surface area contributed by atoms with Crippen LogP contribution in [-0.2, 0) is 9.47 Å². The van der Waals surface area contributed by atoms with Crippen LogP contribution in [0.3, 0.4) is 0 Å². The van der Waals surface area contributed by atoms with Crippen LogP contribution in [0, 0.1) is 0 Å². The van der Waals surface area contributed by atoms with Gasteiger partial charge in [-0.3, -0.25) is 0 Å². The second kappa shape index (κ2) is 5.21. The lowest BCUT2D eigenvalue weighted by molar-refractivity contribution is -0.192. The molecule has 0 radical (unpaired) electrons. The Morgan fingerprint density at radius 2 is 2.08 bits per heavy atom. The standard InChI is InChI=1S/C9H14O3S/c1-7(10-3)11-8(2)12-9-4-5-13-6-9/h4-8H,1-3H3. The molecule has 0 fully saturated rings. The third kappa shape index (κ3) is 3.76. The molecule has 4 heteroatoms. The maximum atomic E-state index is 5.44. The molecule has 0 aliphatic rings. The van der Waals surface area contributed by atoms with E-state index in [-0.39, 0.29) is 12.6 Å². The van der Waals surface area contributed by atoms with Crippen molar-refractivity contribution in [3.8, 4) is 5.75 Å². The lowest BCUT2D eigenvalue weighted by atomic mass is 10.6. The van der Waals surface area contributed by atoms with Crippen molar-refractivity contribution in [3.63, 3.8) is 0 Å². The van der Waals surface area contributed by atoms with Crippen molar-refractivity contribution in [2.24, 2.45) is 0 Å². The highest BCUT2D eigenvalue weighted by atomic mass is 32.1. The van der Waals surface area contributed by atoms with E-state index in [4.69, 9.17) is 14.2 Å². The second-order valence-corrected chi connectivity index (χ2v) is 3.36. The molecule has 0 aliphatic heterocycles. The maximum absolute atomic E-state index is 5.44. The summed E-state index contributed by atoms with van der Waals surface area (Å²) in [6.45, 7) is 3.67. The quantitative estimate of drug-likeness (QED) is 0.686. The predicted octanol–water partition coefficient (Wildman–Crippen LogP) is 2.48. The summed E-state index contributed by atoms with van der Waals surface area (Å²) in [5, 5.41) is 3.89. The lowest BCUT2D eigenvalue weighted by Crippen LogP contribution is -2.23. The summed E-state index contributed by atoms with van der Waals surface area (Å²) in [5.41, 5.74) is 0. The van der Waals surface area contributed by atoms with E-state index in [0.717, 1.165) is 5.75 Å². The molecule has 1 heterocycles. The lowest BCUT2D eigenvalue weighted by Gasteiger charge is -2.18. The molecule has 13 heavy (non-hydrogen) atoms. The van der Waals surface area contributed by atoms with Crippen molar-refractivity contribution < 1.29 is 14.2 Å². The number of thiophene rings is 1. The molecule has 2 atom stereocenters. The van der Waals surface area contributed by atoms with Gasteiger partial charge in [-0.05, 0) is 25.3 Å². The zero-order valence-electron chi connectivity index (χ0n) is 8.02. The van der Waals surface area contributed by atoms with E-state index in [2.05, 4.69) is 0 Å². The van der Waals surface area contributed by atoms with Gasteiger partial charge >= 0.3 is 0 Å². The Balaban J connectivity index is 2.29. The Morgan fingerprint density at radius 3 is 2.62 bits per heavy atom. The fourth-order valence-corrected chi connectivity index (χ4v) is 1.42. The molecule has 1 aromatic rings. The average Bonchev–Trinajstić information content (AvgIpc) is 2.56. The van der Waals surface area contributed by atoms with E-state index in [1.54, 1.807) is 18.4 Å². The van der Waals surface area contributed by atoms with Crippen LogP contribution < -0.4 is 4.74 Å². The zero-order chi connectivity index (χ0) is 9.68. The van der Waals surface area contributed by atoms with E-state index in [1.807, 2.05) is 30.7 Å². The van der Waals surface area contributed by atoms with Crippen LogP contribution in [0.2, 0.25) is 0 Å². The Bertz CT molecular complexity index is 223. The van der Waals surface area contributed by atoms with Crippen molar-refractivity contribution in [3.05, 3.63) is 16.8 Å². The molecular formula is C9H14O3S. The van der Waals surface area contributed by atoms with Crippen LogP contribution in [-0.4, -0.2) is 19.7 Å². The molecule has 1 rings (SSSR count). The fraction of sp³-hybridized carbons (Fsp3) is 0.556. The Kier molecular flexibility index (Phi) is 4.21. The molecule has 1 aromatic heterocycles. The van der Waals surface area contributed by atoms with Gasteiger partial charge in [0.15, 0.2) is 12.6 Å². The summed E-state index contributed by atoms with van der Waals surface area (Å²) >= 11 is 1.59. The summed E-state index contributed by atoms with van der Waals surface area (Å²) < 4.78 is 15.7. The highest BCUT2D eigenvalue weighted by molar-refractivity contribution is 7.08. The monoisotopic (exact) mass is 202 g/mol. The molecular weight excluding hydrogens is 188 g/mol. The number of hydrogen-bond acceptors (Lipinski definition) is 4. The Labute approximate surface area is 82.2 Å². The van der Waals surface area contributed by atoms with Gasteiger partial charge in [-0.2, -0.15) is 0 Å². The van der Waals surface area contributed by atoms with Gasteiger partial charge in [0.05, 0.1) is 0 Å². The van der Waals surface area contributed by atoms with Crippen LogP contribution in [0.5, 0.6) is 5.75 Å². The third-order valence-corrected chi connectivity index (χ3v) is 2.17. The van der Waals surface area contributed by atoms with E-state index >= 15 is 0 Å². The van der Waals surface area contributed by atoms with Gasteiger partial charge in [-0.25, -0.2) is 0 Å². The van der Waals surface area contributed by atoms with Gasteiger partial charge in [0, 0.05) is 12.5 Å². The SMILES string of the molecule is COC(C)OC(C)Oc1ccsc1. The minimum Gasteiger partial charge on any atom is -0.464 e. The summed E-state index contributed by atoms with van der Waals surface area (Å²) in [4.78, 5) is 0. The first-order chi connectivity index (χ1) is 6.22. The number of hydrogen-bond donors (Lipinski definition) is 0. The van der Waals surface area contributed by atoms with E-state index in [9.17, 15) is 0 Å². The number of rotatable bonds is 5. The first kappa shape index (κ1) is 10.5. The number of ether oxygens (including phenoxy) is 3. The van der Waals surface area contributed by atoms with Crippen LogP contribution in [0.1, 0.15) is 13.8 Å². The van der Waals surface area contributed by atoms with Gasteiger partial charge in [-0.15, -0.1) is 11.3 Å². The highest BCUT2D eigenvalue weighted by Crippen LogP contribution is 2.17. The van der Waals surface area contributed by atoms with Crippen molar-refractivity contribution >= 4 is 11.3 Å². The van der Waals surface area contributed by atoms with Crippen LogP contribution in [0.4, 0.5) is 0 Å². The Hall–Kier alpha value is -0.580. The predicted molar refractivity (Wildman–Crippen MR) is 52.0 cm³/mol. The minimum atomic E-state index is -0.287. The molecule has 2 unspecified atom stereocenters. The molecule has 74 valence electrons. The zero-order valence-corrected chi connectivity index (χ0v) is 8.84. The second-order valence-electron chi connectivity index (χ2n) is 2.58. The molecule has 0 N–H and O–H groups in total. The largest absolute Gasteiger partial charge is 0.464 e. The number of methoxy groups -OCH3 is 1. The minimum absolute atomic E-state index is 0.242. The summed E-state index contributed by atoms with van der Waals surface area (Å²) in [5.74, 6) is 0.834.